The van der Waals surface area contributed by atoms with Crippen LogP contribution in [0.25, 0.3) is 0 Å². The predicted molar refractivity (Wildman–Crippen MR) is 104 cm³/mol. The van der Waals surface area contributed by atoms with Crippen LogP contribution in [0.3, 0.4) is 0 Å². The highest BCUT2D eigenvalue weighted by atomic mass is 16.5. The molecule has 1 aliphatic rings. The Balaban J connectivity index is 1.43. The first-order valence-electron chi connectivity index (χ1n) is 9.65. The minimum absolute atomic E-state index is 0.0686. The second kappa shape index (κ2) is 9.04. The van der Waals surface area contributed by atoms with E-state index < -0.39 is 0 Å². The van der Waals surface area contributed by atoms with Gasteiger partial charge in [-0.1, -0.05) is 6.92 Å². The fraction of sp³-hybridized carbons (Fsp3) is 0.524. The van der Waals surface area contributed by atoms with E-state index in [-0.39, 0.29) is 12.0 Å². The maximum absolute atomic E-state index is 12.4. The van der Waals surface area contributed by atoms with E-state index in [0.717, 1.165) is 43.1 Å². The third-order valence-electron chi connectivity index (χ3n) is 4.78. The Morgan fingerprint density at radius 1 is 1.37 bits per heavy atom. The Morgan fingerprint density at radius 2 is 2.15 bits per heavy atom. The molecule has 2 heterocycles. The molecular formula is C21H29N3O3. The molecule has 27 heavy (non-hydrogen) atoms. The van der Waals surface area contributed by atoms with Crippen LogP contribution in [0.1, 0.15) is 41.5 Å². The van der Waals surface area contributed by atoms with Gasteiger partial charge in [-0.05, 0) is 62.9 Å². The summed E-state index contributed by atoms with van der Waals surface area (Å²) >= 11 is 0. The van der Waals surface area contributed by atoms with Gasteiger partial charge in [0.15, 0.2) is 0 Å². The lowest BCUT2D eigenvalue weighted by molar-refractivity contribution is 0.0679. The minimum atomic E-state index is -0.0686. The molecule has 6 nitrogen and oxygen atoms in total. The number of benzene rings is 1. The topological polar surface area (TPSA) is 65.4 Å². The SMILES string of the molecule is Cc1cc(C)n(C[C@H](C)CNC(=O)c2ccc(OC[C@@H]3CCCO3)cc2)n1. The maximum Gasteiger partial charge on any atom is 0.251 e. The summed E-state index contributed by atoms with van der Waals surface area (Å²) in [5.74, 6) is 0.988. The molecule has 6 heteroatoms. The number of nitrogens with one attached hydrogen (secondary N) is 1. The summed E-state index contributed by atoms with van der Waals surface area (Å²) < 4.78 is 13.3. The van der Waals surface area contributed by atoms with Crippen molar-refractivity contribution in [1.82, 2.24) is 15.1 Å². The van der Waals surface area contributed by atoms with Crippen molar-refractivity contribution in [2.24, 2.45) is 5.92 Å². The van der Waals surface area contributed by atoms with Gasteiger partial charge in [-0.25, -0.2) is 0 Å². The largest absolute Gasteiger partial charge is 0.491 e. The molecule has 146 valence electrons. The number of aryl methyl sites for hydroxylation is 2. The number of amides is 1. The lowest BCUT2D eigenvalue weighted by atomic mass is 10.1. The zero-order valence-electron chi connectivity index (χ0n) is 16.4. The zero-order chi connectivity index (χ0) is 19.2. The van der Waals surface area contributed by atoms with Crippen molar-refractivity contribution in [2.75, 3.05) is 19.8 Å². The van der Waals surface area contributed by atoms with Crippen LogP contribution in [0.5, 0.6) is 5.75 Å². The lowest BCUT2D eigenvalue weighted by Gasteiger charge is -2.14. The average Bonchev–Trinajstić information content (AvgIpc) is 3.28. The van der Waals surface area contributed by atoms with Gasteiger partial charge in [0.05, 0.1) is 11.8 Å². The van der Waals surface area contributed by atoms with Crippen LogP contribution in [0.2, 0.25) is 0 Å². The summed E-state index contributed by atoms with van der Waals surface area (Å²) in [6.45, 7) is 8.93. The van der Waals surface area contributed by atoms with Gasteiger partial charge < -0.3 is 14.8 Å². The van der Waals surface area contributed by atoms with E-state index in [0.29, 0.717) is 24.6 Å². The molecular weight excluding hydrogens is 342 g/mol. The van der Waals surface area contributed by atoms with Crippen LogP contribution >= 0.6 is 0 Å². The smallest absolute Gasteiger partial charge is 0.251 e. The second-order valence-electron chi connectivity index (χ2n) is 7.39. The molecule has 2 atom stereocenters. The Hall–Kier alpha value is -2.34. The van der Waals surface area contributed by atoms with Crippen LogP contribution < -0.4 is 10.1 Å². The van der Waals surface area contributed by atoms with Gasteiger partial charge in [0.1, 0.15) is 12.4 Å². The number of nitrogens with zero attached hydrogens (tertiary/aromatic N) is 2. The Labute approximate surface area is 160 Å². The van der Waals surface area contributed by atoms with Crippen LogP contribution in [0.4, 0.5) is 0 Å². The van der Waals surface area contributed by atoms with Gasteiger partial charge in [-0.2, -0.15) is 5.10 Å². The molecule has 1 amide bonds. The minimum Gasteiger partial charge on any atom is -0.491 e. The highest BCUT2D eigenvalue weighted by molar-refractivity contribution is 5.94. The highest BCUT2D eigenvalue weighted by Crippen LogP contribution is 2.16. The highest BCUT2D eigenvalue weighted by Gasteiger charge is 2.16. The quantitative estimate of drug-likeness (QED) is 0.774. The van der Waals surface area contributed by atoms with Gasteiger partial charge in [0.2, 0.25) is 0 Å². The van der Waals surface area contributed by atoms with Gasteiger partial charge >= 0.3 is 0 Å². The molecule has 1 N–H and O–H groups in total. The molecule has 1 saturated heterocycles. The summed E-state index contributed by atoms with van der Waals surface area (Å²) in [4.78, 5) is 12.4. The van der Waals surface area contributed by atoms with Crippen molar-refractivity contribution < 1.29 is 14.3 Å². The number of hydrogen-bond acceptors (Lipinski definition) is 4. The van der Waals surface area contributed by atoms with Gasteiger partial charge in [-0.15, -0.1) is 0 Å². The molecule has 0 aliphatic carbocycles. The number of aromatic nitrogens is 2. The monoisotopic (exact) mass is 371 g/mol. The Bertz CT molecular complexity index is 749. The van der Waals surface area contributed by atoms with E-state index in [2.05, 4.69) is 23.4 Å². The second-order valence-corrected chi connectivity index (χ2v) is 7.39. The van der Waals surface area contributed by atoms with Crippen molar-refractivity contribution in [3.63, 3.8) is 0 Å². The number of carbonyl (C=O) groups excluding carboxylic acids is 1. The number of rotatable bonds is 8. The fourth-order valence-corrected chi connectivity index (χ4v) is 3.26. The van der Waals surface area contributed by atoms with Crippen molar-refractivity contribution in [2.45, 2.75) is 46.3 Å². The van der Waals surface area contributed by atoms with Crippen molar-refractivity contribution in [1.29, 1.82) is 0 Å². The van der Waals surface area contributed by atoms with E-state index in [1.807, 2.05) is 30.7 Å². The maximum atomic E-state index is 12.4. The van der Waals surface area contributed by atoms with Crippen molar-refractivity contribution in [3.8, 4) is 5.75 Å². The summed E-state index contributed by atoms with van der Waals surface area (Å²) in [5, 5.41) is 7.47. The summed E-state index contributed by atoms with van der Waals surface area (Å²) in [5.41, 5.74) is 2.80. The molecule has 0 bridgehead atoms. The first-order valence-corrected chi connectivity index (χ1v) is 9.65. The third-order valence-corrected chi connectivity index (χ3v) is 4.78. The van der Waals surface area contributed by atoms with E-state index in [9.17, 15) is 4.79 Å². The summed E-state index contributed by atoms with van der Waals surface area (Å²) in [7, 11) is 0. The molecule has 1 aliphatic heterocycles. The molecule has 0 unspecified atom stereocenters. The molecule has 0 radical (unpaired) electrons. The van der Waals surface area contributed by atoms with Crippen molar-refractivity contribution >= 4 is 5.91 Å². The predicted octanol–water partition coefficient (Wildman–Crippen LogP) is 3.12. The molecule has 0 saturated carbocycles. The van der Waals surface area contributed by atoms with Crippen molar-refractivity contribution in [3.05, 3.63) is 47.3 Å². The van der Waals surface area contributed by atoms with Crippen LogP contribution in [-0.4, -0.2) is 41.6 Å². The molecule has 1 fully saturated rings. The number of hydrogen-bond donors (Lipinski definition) is 1. The van der Waals surface area contributed by atoms with E-state index in [1.165, 1.54) is 0 Å². The van der Waals surface area contributed by atoms with E-state index >= 15 is 0 Å². The molecule has 3 rings (SSSR count). The molecule has 0 spiro atoms. The Kier molecular flexibility index (Phi) is 6.50. The van der Waals surface area contributed by atoms with Gasteiger partial charge in [0, 0.05) is 31.0 Å². The molecule has 1 aromatic heterocycles. The lowest BCUT2D eigenvalue weighted by Crippen LogP contribution is -2.30. The normalized spacial score (nSPS) is 17.7. The number of carbonyl (C=O) groups is 1. The fourth-order valence-electron chi connectivity index (χ4n) is 3.26. The average molecular weight is 371 g/mol. The van der Waals surface area contributed by atoms with Crippen LogP contribution in [0, 0.1) is 19.8 Å². The van der Waals surface area contributed by atoms with E-state index in [1.54, 1.807) is 12.1 Å². The summed E-state index contributed by atoms with van der Waals surface area (Å²) in [6, 6.07) is 9.33. The molecule has 1 aromatic carbocycles. The first kappa shape index (κ1) is 19.4. The van der Waals surface area contributed by atoms with Crippen LogP contribution in [-0.2, 0) is 11.3 Å². The Morgan fingerprint density at radius 3 is 2.78 bits per heavy atom. The zero-order valence-corrected chi connectivity index (χ0v) is 16.4. The van der Waals surface area contributed by atoms with Crippen LogP contribution in [0.15, 0.2) is 30.3 Å². The summed E-state index contributed by atoms with van der Waals surface area (Å²) in [6.07, 6.45) is 2.35. The van der Waals surface area contributed by atoms with Gasteiger partial charge in [0.25, 0.3) is 5.91 Å². The van der Waals surface area contributed by atoms with Gasteiger partial charge in [-0.3, -0.25) is 9.48 Å². The number of ether oxygens (including phenoxy) is 2. The van der Waals surface area contributed by atoms with E-state index in [4.69, 9.17) is 9.47 Å². The first-order chi connectivity index (χ1) is 13.0. The molecule has 2 aromatic rings. The standard InChI is InChI=1S/C21H29N3O3/c1-15(13-24-17(3)11-16(2)23-24)12-22-21(25)18-6-8-19(9-7-18)27-14-20-5-4-10-26-20/h6-9,11,15,20H,4-5,10,12-14H2,1-3H3,(H,22,25)/t15-,20+/m1/s1. The third kappa shape index (κ3) is 5.57.